The van der Waals surface area contributed by atoms with Gasteiger partial charge in [-0.05, 0) is 23.8 Å². The van der Waals surface area contributed by atoms with E-state index >= 15 is 0 Å². The summed E-state index contributed by atoms with van der Waals surface area (Å²) in [6.45, 7) is 6.56. The highest BCUT2D eigenvalue weighted by Gasteiger charge is 2.12. The summed E-state index contributed by atoms with van der Waals surface area (Å²) in [6, 6.07) is 0. The Morgan fingerprint density at radius 3 is 2.64 bits per heavy atom. The van der Waals surface area contributed by atoms with Crippen molar-refractivity contribution in [1.29, 1.82) is 0 Å². The van der Waals surface area contributed by atoms with E-state index in [1.54, 1.807) is 0 Å². The third-order valence-corrected chi connectivity index (χ3v) is 2.13. The summed E-state index contributed by atoms with van der Waals surface area (Å²) in [5, 5.41) is 0. The molecule has 1 atom stereocenters. The molecular formula is C10H17N. The van der Waals surface area contributed by atoms with E-state index in [9.17, 15) is 0 Å². The third-order valence-electron chi connectivity index (χ3n) is 2.13. The van der Waals surface area contributed by atoms with Gasteiger partial charge in [0.05, 0.1) is 0 Å². The van der Waals surface area contributed by atoms with Crippen molar-refractivity contribution in [2.24, 2.45) is 17.6 Å². The lowest BCUT2D eigenvalue weighted by molar-refractivity contribution is 0.680. The van der Waals surface area contributed by atoms with Crippen LogP contribution in [-0.4, -0.2) is 0 Å². The van der Waals surface area contributed by atoms with Crippen molar-refractivity contribution in [3.63, 3.8) is 0 Å². The van der Waals surface area contributed by atoms with Gasteiger partial charge in [-0.3, -0.25) is 0 Å². The Bertz CT molecular complexity index is 199. The van der Waals surface area contributed by atoms with Crippen LogP contribution >= 0.6 is 0 Å². The highest BCUT2D eigenvalue weighted by Crippen LogP contribution is 2.24. The lowest BCUT2D eigenvalue weighted by Crippen LogP contribution is -2.12. The molecule has 1 aliphatic carbocycles. The van der Waals surface area contributed by atoms with Gasteiger partial charge in [-0.15, -0.1) is 0 Å². The zero-order chi connectivity index (χ0) is 8.43. The Hall–Kier alpha value is -0.720. The fourth-order valence-corrected chi connectivity index (χ4v) is 1.47. The highest BCUT2D eigenvalue weighted by molar-refractivity contribution is 5.33. The number of hydrogen-bond acceptors (Lipinski definition) is 1. The lowest BCUT2D eigenvalue weighted by Gasteiger charge is -2.19. The second-order valence-corrected chi connectivity index (χ2v) is 3.65. The number of allylic oxidation sites excluding steroid dienone is 3. The zero-order valence-electron chi connectivity index (χ0n) is 7.59. The van der Waals surface area contributed by atoms with Gasteiger partial charge in [0.2, 0.25) is 0 Å². The average Bonchev–Trinajstić information content (AvgIpc) is 1.85. The standard InChI is InChI=1S/C10H17N/c1-7(2)9-5-4-8(3)6-10(9)11/h5-8H,4,11H2,1-3H3. The van der Waals surface area contributed by atoms with E-state index in [0.29, 0.717) is 11.8 Å². The molecule has 11 heavy (non-hydrogen) atoms. The predicted molar refractivity (Wildman–Crippen MR) is 49.0 cm³/mol. The average molecular weight is 151 g/mol. The van der Waals surface area contributed by atoms with Gasteiger partial charge in [0, 0.05) is 5.70 Å². The van der Waals surface area contributed by atoms with Crippen LogP contribution < -0.4 is 5.73 Å². The van der Waals surface area contributed by atoms with Crippen LogP contribution in [0.25, 0.3) is 0 Å². The zero-order valence-corrected chi connectivity index (χ0v) is 7.59. The Kier molecular flexibility index (Phi) is 2.38. The van der Waals surface area contributed by atoms with E-state index in [2.05, 4.69) is 32.9 Å². The first-order valence-electron chi connectivity index (χ1n) is 4.29. The highest BCUT2D eigenvalue weighted by atomic mass is 14.6. The molecule has 0 saturated heterocycles. The van der Waals surface area contributed by atoms with Crippen molar-refractivity contribution in [2.45, 2.75) is 27.2 Å². The van der Waals surface area contributed by atoms with E-state index in [1.807, 2.05) is 0 Å². The summed E-state index contributed by atoms with van der Waals surface area (Å²) >= 11 is 0. The van der Waals surface area contributed by atoms with E-state index < -0.39 is 0 Å². The Morgan fingerprint density at radius 1 is 1.55 bits per heavy atom. The molecule has 0 heterocycles. The first kappa shape index (κ1) is 8.38. The fraction of sp³-hybridized carbons (Fsp3) is 0.600. The monoisotopic (exact) mass is 151 g/mol. The molecule has 0 aromatic heterocycles. The maximum atomic E-state index is 5.86. The van der Waals surface area contributed by atoms with Gasteiger partial charge in [-0.2, -0.15) is 0 Å². The Morgan fingerprint density at radius 2 is 2.18 bits per heavy atom. The van der Waals surface area contributed by atoms with Crippen molar-refractivity contribution in [3.8, 4) is 0 Å². The van der Waals surface area contributed by atoms with Crippen molar-refractivity contribution >= 4 is 0 Å². The fourth-order valence-electron chi connectivity index (χ4n) is 1.47. The minimum Gasteiger partial charge on any atom is -0.399 e. The van der Waals surface area contributed by atoms with Gasteiger partial charge in [-0.25, -0.2) is 0 Å². The topological polar surface area (TPSA) is 26.0 Å². The molecule has 62 valence electrons. The van der Waals surface area contributed by atoms with Gasteiger partial charge in [0.15, 0.2) is 0 Å². The molecule has 0 bridgehead atoms. The van der Waals surface area contributed by atoms with Gasteiger partial charge in [-0.1, -0.05) is 32.9 Å². The van der Waals surface area contributed by atoms with E-state index in [-0.39, 0.29) is 0 Å². The van der Waals surface area contributed by atoms with Gasteiger partial charge >= 0.3 is 0 Å². The van der Waals surface area contributed by atoms with Crippen LogP contribution in [0.4, 0.5) is 0 Å². The summed E-state index contributed by atoms with van der Waals surface area (Å²) < 4.78 is 0. The molecule has 1 rings (SSSR count). The van der Waals surface area contributed by atoms with Crippen LogP contribution in [0.3, 0.4) is 0 Å². The largest absolute Gasteiger partial charge is 0.399 e. The second-order valence-electron chi connectivity index (χ2n) is 3.65. The minimum absolute atomic E-state index is 0.568. The molecule has 0 radical (unpaired) electrons. The summed E-state index contributed by atoms with van der Waals surface area (Å²) in [7, 11) is 0. The van der Waals surface area contributed by atoms with Crippen LogP contribution in [-0.2, 0) is 0 Å². The molecule has 0 fully saturated rings. The van der Waals surface area contributed by atoms with Crippen molar-refractivity contribution < 1.29 is 0 Å². The van der Waals surface area contributed by atoms with Gasteiger partial charge in [0.1, 0.15) is 0 Å². The minimum atomic E-state index is 0.568. The molecule has 0 saturated carbocycles. The van der Waals surface area contributed by atoms with Crippen LogP contribution in [0.15, 0.2) is 23.4 Å². The van der Waals surface area contributed by atoms with E-state index in [1.165, 1.54) is 5.57 Å². The Balaban J connectivity index is 2.77. The van der Waals surface area contributed by atoms with Gasteiger partial charge < -0.3 is 5.73 Å². The van der Waals surface area contributed by atoms with Crippen molar-refractivity contribution in [3.05, 3.63) is 23.4 Å². The van der Waals surface area contributed by atoms with Crippen LogP contribution in [0, 0.1) is 11.8 Å². The summed E-state index contributed by atoms with van der Waals surface area (Å²) in [4.78, 5) is 0. The molecule has 2 N–H and O–H groups in total. The van der Waals surface area contributed by atoms with Crippen molar-refractivity contribution in [2.75, 3.05) is 0 Å². The van der Waals surface area contributed by atoms with Crippen LogP contribution in [0.5, 0.6) is 0 Å². The summed E-state index contributed by atoms with van der Waals surface area (Å²) in [6.07, 6.45) is 5.58. The van der Waals surface area contributed by atoms with Gasteiger partial charge in [0.25, 0.3) is 0 Å². The molecule has 0 amide bonds. The molecule has 0 aromatic carbocycles. The molecule has 1 heteroatoms. The first-order valence-corrected chi connectivity index (χ1v) is 4.29. The lowest BCUT2D eigenvalue weighted by atomic mass is 9.90. The maximum absolute atomic E-state index is 5.86. The van der Waals surface area contributed by atoms with E-state index in [0.717, 1.165) is 12.1 Å². The van der Waals surface area contributed by atoms with Crippen molar-refractivity contribution in [1.82, 2.24) is 0 Å². The predicted octanol–water partition coefficient (Wildman–Crippen LogP) is 2.45. The maximum Gasteiger partial charge on any atom is 0.0308 e. The Labute approximate surface area is 69.0 Å². The third kappa shape index (κ3) is 1.86. The summed E-state index contributed by atoms with van der Waals surface area (Å²) in [5.41, 5.74) is 8.17. The number of rotatable bonds is 1. The molecular weight excluding hydrogens is 134 g/mol. The molecule has 0 spiro atoms. The molecule has 1 unspecified atom stereocenters. The quantitative estimate of drug-likeness (QED) is 0.612. The smallest absolute Gasteiger partial charge is 0.0308 e. The molecule has 1 aliphatic rings. The van der Waals surface area contributed by atoms with E-state index in [4.69, 9.17) is 5.73 Å². The first-order chi connectivity index (χ1) is 5.11. The number of hydrogen-bond donors (Lipinski definition) is 1. The second kappa shape index (κ2) is 3.12. The number of nitrogens with two attached hydrogens (primary N) is 1. The molecule has 0 aromatic rings. The normalized spacial score (nSPS) is 24.9. The van der Waals surface area contributed by atoms with Crippen LogP contribution in [0.2, 0.25) is 0 Å². The summed E-state index contributed by atoms with van der Waals surface area (Å²) in [5.74, 6) is 1.19. The van der Waals surface area contributed by atoms with Crippen LogP contribution in [0.1, 0.15) is 27.2 Å². The molecule has 0 aliphatic heterocycles. The molecule has 1 nitrogen and oxygen atoms in total. The SMILES string of the molecule is CC1C=C(N)C(C(C)C)=CC1.